The van der Waals surface area contributed by atoms with Crippen molar-refractivity contribution in [2.24, 2.45) is 5.73 Å². The molecule has 0 bridgehead atoms. The van der Waals surface area contributed by atoms with Gasteiger partial charge < -0.3 is 15.4 Å². The Morgan fingerprint density at radius 3 is 2.87 bits per heavy atom. The van der Waals surface area contributed by atoms with Crippen LogP contribution in [0.15, 0.2) is 42.7 Å². The van der Waals surface area contributed by atoms with E-state index in [0.29, 0.717) is 37.4 Å². The Morgan fingerprint density at radius 1 is 1.23 bits per heavy atom. The van der Waals surface area contributed by atoms with Crippen LogP contribution >= 0.6 is 0 Å². The van der Waals surface area contributed by atoms with E-state index in [-0.39, 0.29) is 18.4 Å². The van der Waals surface area contributed by atoms with Crippen LogP contribution < -0.4 is 15.4 Å². The molecule has 1 aromatic carbocycles. The second kappa shape index (κ2) is 8.71. The molecular weight excluding hydrogens is 388 g/mol. The molecule has 2 N–H and O–H groups in total. The summed E-state index contributed by atoms with van der Waals surface area (Å²) in [6.07, 6.45) is 4.72. The van der Waals surface area contributed by atoms with Gasteiger partial charge in [0.25, 0.3) is 0 Å². The molecule has 0 spiro atoms. The first-order valence-electron chi connectivity index (χ1n) is 9.94. The highest BCUT2D eigenvalue weighted by Crippen LogP contribution is 2.36. The quantitative estimate of drug-likeness (QED) is 0.624. The molecule has 6 nitrogen and oxygen atoms in total. The second-order valence-electron chi connectivity index (χ2n) is 7.16. The van der Waals surface area contributed by atoms with Crippen LogP contribution in [0.3, 0.4) is 0 Å². The van der Waals surface area contributed by atoms with E-state index in [4.69, 9.17) is 15.5 Å². The van der Waals surface area contributed by atoms with E-state index in [9.17, 15) is 8.78 Å². The fourth-order valence-corrected chi connectivity index (χ4v) is 3.62. The van der Waals surface area contributed by atoms with Crippen LogP contribution in [0.25, 0.3) is 11.5 Å². The lowest BCUT2D eigenvalue weighted by molar-refractivity contribution is 0.292. The van der Waals surface area contributed by atoms with Crippen LogP contribution in [0, 0.1) is 11.6 Å². The number of fused-ring (bicyclic) bond motifs is 1. The minimum Gasteiger partial charge on any atom is -0.490 e. The highest BCUT2D eigenvalue weighted by molar-refractivity contribution is 5.56. The average molecular weight is 411 g/mol. The molecular formula is C22H23F2N5O. The molecule has 1 aliphatic heterocycles. The Morgan fingerprint density at radius 2 is 2.10 bits per heavy atom. The number of benzene rings is 1. The van der Waals surface area contributed by atoms with E-state index < -0.39 is 11.6 Å². The van der Waals surface area contributed by atoms with Gasteiger partial charge in [0.15, 0.2) is 17.4 Å². The Hall–Kier alpha value is -3.13. The maximum absolute atomic E-state index is 14.2. The molecule has 1 aliphatic rings. The maximum atomic E-state index is 14.2. The van der Waals surface area contributed by atoms with E-state index in [1.165, 1.54) is 6.07 Å². The first kappa shape index (κ1) is 20.2. The molecule has 156 valence electrons. The highest BCUT2D eigenvalue weighted by atomic mass is 19.2. The van der Waals surface area contributed by atoms with Crippen molar-refractivity contribution in [2.45, 2.75) is 25.8 Å². The first-order valence-corrected chi connectivity index (χ1v) is 9.94. The molecule has 0 aliphatic carbocycles. The standard InChI is InChI=1S/C22H23F2N5O/c1-14-16-13-27-22(19-5-2-3-8-26-19)28-18(16)6-9-29(14)15-11-17(23)21(24)20(12-15)30-10-4-7-25/h2-3,5,8,11-14H,4,6-7,9-10,25H2,1H3. The molecule has 4 rings (SSSR count). The summed E-state index contributed by atoms with van der Waals surface area (Å²) >= 11 is 0. The van der Waals surface area contributed by atoms with Gasteiger partial charge in [0.2, 0.25) is 5.82 Å². The van der Waals surface area contributed by atoms with E-state index in [0.717, 1.165) is 17.0 Å². The van der Waals surface area contributed by atoms with Gasteiger partial charge in [-0.3, -0.25) is 4.98 Å². The zero-order valence-corrected chi connectivity index (χ0v) is 16.7. The molecule has 0 fully saturated rings. The smallest absolute Gasteiger partial charge is 0.200 e. The average Bonchev–Trinajstić information content (AvgIpc) is 2.77. The minimum absolute atomic E-state index is 0.0989. The van der Waals surface area contributed by atoms with E-state index >= 15 is 0 Å². The first-order chi connectivity index (χ1) is 14.6. The summed E-state index contributed by atoms with van der Waals surface area (Å²) in [5.41, 5.74) is 8.62. The number of hydrogen-bond acceptors (Lipinski definition) is 6. The van der Waals surface area contributed by atoms with Gasteiger partial charge in [0.1, 0.15) is 5.69 Å². The van der Waals surface area contributed by atoms with Gasteiger partial charge in [-0.25, -0.2) is 14.4 Å². The molecule has 1 unspecified atom stereocenters. The molecule has 0 amide bonds. The number of rotatable bonds is 6. The predicted octanol–water partition coefficient (Wildman–Crippen LogP) is 3.67. The van der Waals surface area contributed by atoms with Crippen molar-refractivity contribution in [3.05, 3.63) is 65.6 Å². The summed E-state index contributed by atoms with van der Waals surface area (Å²) in [5.74, 6) is -1.43. The van der Waals surface area contributed by atoms with Crippen molar-refractivity contribution in [1.29, 1.82) is 0 Å². The van der Waals surface area contributed by atoms with Crippen LogP contribution in [0.4, 0.5) is 14.5 Å². The third kappa shape index (κ3) is 3.95. The number of aromatic nitrogens is 3. The lowest BCUT2D eigenvalue weighted by Gasteiger charge is -2.36. The molecule has 30 heavy (non-hydrogen) atoms. The van der Waals surface area contributed by atoms with Gasteiger partial charge in [-0.15, -0.1) is 0 Å². The lowest BCUT2D eigenvalue weighted by Crippen LogP contribution is -2.35. The van der Waals surface area contributed by atoms with Gasteiger partial charge in [0.05, 0.1) is 18.3 Å². The molecule has 0 saturated carbocycles. The van der Waals surface area contributed by atoms with Gasteiger partial charge in [-0.2, -0.15) is 4.39 Å². The van der Waals surface area contributed by atoms with Crippen LogP contribution in [0.1, 0.15) is 30.6 Å². The highest BCUT2D eigenvalue weighted by Gasteiger charge is 2.27. The SMILES string of the molecule is CC1c2cnc(-c3ccccn3)nc2CCN1c1cc(F)c(F)c(OCCCN)c1. The maximum Gasteiger partial charge on any atom is 0.200 e. The minimum atomic E-state index is -0.982. The molecule has 0 saturated heterocycles. The lowest BCUT2D eigenvalue weighted by atomic mass is 9.98. The Bertz CT molecular complexity index is 1030. The summed E-state index contributed by atoms with van der Waals surface area (Å²) in [5, 5.41) is 0. The summed E-state index contributed by atoms with van der Waals surface area (Å²) < 4.78 is 33.8. The van der Waals surface area contributed by atoms with Crippen molar-refractivity contribution in [1.82, 2.24) is 15.0 Å². The topological polar surface area (TPSA) is 77.2 Å². The zero-order chi connectivity index (χ0) is 21.1. The molecule has 2 aromatic heterocycles. The van der Waals surface area contributed by atoms with Gasteiger partial charge >= 0.3 is 0 Å². The number of ether oxygens (including phenoxy) is 1. The number of pyridine rings is 1. The van der Waals surface area contributed by atoms with E-state index in [1.54, 1.807) is 18.5 Å². The Labute approximate surface area is 173 Å². The number of halogens is 2. The second-order valence-corrected chi connectivity index (χ2v) is 7.16. The van der Waals surface area contributed by atoms with E-state index in [2.05, 4.69) is 9.97 Å². The zero-order valence-electron chi connectivity index (χ0n) is 16.7. The molecule has 1 atom stereocenters. The van der Waals surface area contributed by atoms with Crippen molar-refractivity contribution in [3.63, 3.8) is 0 Å². The van der Waals surface area contributed by atoms with Crippen LogP contribution in [0.2, 0.25) is 0 Å². The van der Waals surface area contributed by atoms with Crippen molar-refractivity contribution < 1.29 is 13.5 Å². The van der Waals surface area contributed by atoms with Gasteiger partial charge in [-0.1, -0.05) is 6.07 Å². The monoisotopic (exact) mass is 411 g/mol. The summed E-state index contributed by atoms with van der Waals surface area (Å²) in [6.45, 7) is 3.27. The van der Waals surface area contributed by atoms with E-state index in [1.807, 2.05) is 30.0 Å². The summed E-state index contributed by atoms with van der Waals surface area (Å²) in [7, 11) is 0. The van der Waals surface area contributed by atoms with Crippen LogP contribution in [0.5, 0.6) is 5.75 Å². The number of nitrogens with zero attached hydrogens (tertiary/aromatic N) is 4. The van der Waals surface area contributed by atoms with Crippen LogP contribution in [-0.2, 0) is 6.42 Å². The predicted molar refractivity (Wildman–Crippen MR) is 110 cm³/mol. The summed E-state index contributed by atoms with van der Waals surface area (Å²) in [4.78, 5) is 15.5. The molecule has 3 heterocycles. The number of hydrogen-bond donors (Lipinski definition) is 1. The van der Waals surface area contributed by atoms with Crippen molar-refractivity contribution in [2.75, 3.05) is 24.6 Å². The summed E-state index contributed by atoms with van der Waals surface area (Å²) in [6, 6.07) is 8.25. The van der Waals surface area contributed by atoms with Crippen molar-refractivity contribution in [3.8, 4) is 17.3 Å². The van der Waals surface area contributed by atoms with Crippen LogP contribution in [-0.4, -0.2) is 34.6 Å². The Kier molecular flexibility index (Phi) is 5.85. The molecule has 3 aromatic rings. The fourth-order valence-electron chi connectivity index (χ4n) is 3.62. The fraction of sp³-hybridized carbons (Fsp3) is 0.318. The molecule has 8 heteroatoms. The van der Waals surface area contributed by atoms with Gasteiger partial charge in [-0.05, 0) is 32.0 Å². The third-order valence-electron chi connectivity index (χ3n) is 5.22. The molecule has 0 radical (unpaired) electrons. The van der Waals surface area contributed by atoms with Crippen molar-refractivity contribution >= 4 is 5.69 Å². The van der Waals surface area contributed by atoms with Gasteiger partial charge in [0, 0.05) is 48.7 Å². The third-order valence-corrected chi connectivity index (χ3v) is 5.22. The normalized spacial score (nSPS) is 15.7. The number of nitrogens with two attached hydrogens (primary N) is 1. The number of anilines is 1. The Balaban J connectivity index is 1.61. The largest absolute Gasteiger partial charge is 0.490 e.